The van der Waals surface area contributed by atoms with Gasteiger partial charge in [0.2, 0.25) is 11.8 Å². The Balaban J connectivity index is 2.15. The second kappa shape index (κ2) is 7.76. The molecule has 1 aromatic heterocycles. The fourth-order valence-corrected chi connectivity index (χ4v) is 4.20. The largest absolute Gasteiger partial charge is 0.369 e. The number of aryl methyl sites for hydroxylation is 1. The van der Waals surface area contributed by atoms with Gasteiger partial charge in [0.05, 0.1) is 18.7 Å². The summed E-state index contributed by atoms with van der Waals surface area (Å²) in [7, 11) is 0. The van der Waals surface area contributed by atoms with E-state index in [1.54, 1.807) is 4.90 Å². The number of thiophene rings is 1. The Bertz CT molecular complexity index is 654. The number of rotatable bonds is 7. The van der Waals surface area contributed by atoms with Crippen LogP contribution in [0.1, 0.15) is 47.5 Å². The maximum atomic E-state index is 12.3. The molecule has 2 rings (SSSR count). The third-order valence-corrected chi connectivity index (χ3v) is 5.31. The quantitative estimate of drug-likeness (QED) is 0.674. The summed E-state index contributed by atoms with van der Waals surface area (Å²) in [6, 6.07) is -0.00426. The number of carbonyl (C=O) groups is 3. The first-order chi connectivity index (χ1) is 11.3. The van der Waals surface area contributed by atoms with Crippen molar-refractivity contribution in [2.45, 2.75) is 45.6 Å². The number of nitrogens with zero attached hydrogens (tertiary/aromatic N) is 1. The Labute approximate surface area is 145 Å². The minimum Gasteiger partial charge on any atom is -0.369 e. The monoisotopic (exact) mass is 352 g/mol. The third-order valence-electron chi connectivity index (χ3n) is 4.11. The molecule has 0 spiro atoms. The summed E-state index contributed by atoms with van der Waals surface area (Å²) in [5.74, 6) is -1.28. The van der Waals surface area contributed by atoms with Crippen LogP contribution in [-0.2, 0) is 22.4 Å². The third kappa shape index (κ3) is 4.33. The van der Waals surface area contributed by atoms with E-state index in [-0.39, 0.29) is 25.0 Å². The average molecular weight is 352 g/mol. The SMILES string of the molecule is CC(C)N(CC(N)=O)CC(=O)Nc1sc2c(c1C(N)=O)CCCC2. The molecule has 0 unspecified atom stereocenters. The molecule has 0 fully saturated rings. The van der Waals surface area contributed by atoms with Crippen LogP contribution in [0.15, 0.2) is 0 Å². The van der Waals surface area contributed by atoms with Gasteiger partial charge in [-0.25, -0.2) is 0 Å². The molecule has 0 bridgehead atoms. The highest BCUT2D eigenvalue weighted by atomic mass is 32.1. The summed E-state index contributed by atoms with van der Waals surface area (Å²) in [5, 5.41) is 3.31. The number of hydrogen-bond donors (Lipinski definition) is 3. The molecule has 8 heteroatoms. The van der Waals surface area contributed by atoms with Crippen molar-refractivity contribution in [2.24, 2.45) is 11.5 Å². The molecule has 132 valence electrons. The lowest BCUT2D eigenvalue weighted by Crippen LogP contribution is -2.43. The van der Waals surface area contributed by atoms with Crippen molar-refractivity contribution < 1.29 is 14.4 Å². The van der Waals surface area contributed by atoms with Gasteiger partial charge in [0.15, 0.2) is 0 Å². The van der Waals surface area contributed by atoms with Crippen LogP contribution in [0.2, 0.25) is 0 Å². The number of carbonyl (C=O) groups excluding carboxylic acids is 3. The van der Waals surface area contributed by atoms with Crippen molar-refractivity contribution in [3.05, 3.63) is 16.0 Å². The van der Waals surface area contributed by atoms with Gasteiger partial charge in [-0.05, 0) is 45.1 Å². The number of anilines is 1. The van der Waals surface area contributed by atoms with Crippen LogP contribution in [0.5, 0.6) is 0 Å². The number of amides is 3. The summed E-state index contributed by atoms with van der Waals surface area (Å²) >= 11 is 1.43. The minimum absolute atomic E-state index is 0.00426. The average Bonchev–Trinajstić information content (AvgIpc) is 2.83. The molecule has 0 saturated heterocycles. The van der Waals surface area contributed by atoms with Gasteiger partial charge in [-0.1, -0.05) is 0 Å². The van der Waals surface area contributed by atoms with Crippen LogP contribution >= 0.6 is 11.3 Å². The molecule has 1 aromatic rings. The lowest BCUT2D eigenvalue weighted by Gasteiger charge is -2.24. The highest BCUT2D eigenvalue weighted by Crippen LogP contribution is 2.37. The Morgan fingerprint density at radius 3 is 2.42 bits per heavy atom. The Kier molecular flexibility index (Phi) is 5.95. The number of nitrogens with two attached hydrogens (primary N) is 2. The maximum absolute atomic E-state index is 12.3. The summed E-state index contributed by atoms with van der Waals surface area (Å²) in [6.45, 7) is 3.81. The Hall–Kier alpha value is -1.93. The highest BCUT2D eigenvalue weighted by molar-refractivity contribution is 7.17. The predicted octanol–water partition coefficient (Wildman–Crippen LogP) is 0.860. The molecule has 0 atom stereocenters. The number of fused-ring (bicyclic) bond motifs is 1. The summed E-state index contributed by atoms with van der Waals surface area (Å²) < 4.78 is 0. The number of nitrogens with one attached hydrogen (secondary N) is 1. The van der Waals surface area contributed by atoms with Gasteiger partial charge in [0.25, 0.3) is 5.91 Å². The van der Waals surface area contributed by atoms with Crippen molar-refractivity contribution >= 4 is 34.1 Å². The summed E-state index contributed by atoms with van der Waals surface area (Å²) in [5.41, 5.74) is 12.2. The lowest BCUT2D eigenvalue weighted by atomic mass is 9.95. The molecule has 0 aromatic carbocycles. The highest BCUT2D eigenvalue weighted by Gasteiger charge is 2.25. The first-order valence-electron chi connectivity index (χ1n) is 8.06. The van der Waals surface area contributed by atoms with E-state index in [4.69, 9.17) is 11.5 Å². The molecule has 1 heterocycles. The van der Waals surface area contributed by atoms with Gasteiger partial charge in [-0.15, -0.1) is 11.3 Å². The van der Waals surface area contributed by atoms with Crippen molar-refractivity contribution in [1.29, 1.82) is 0 Å². The molecular weight excluding hydrogens is 328 g/mol. The van der Waals surface area contributed by atoms with E-state index in [1.807, 2.05) is 13.8 Å². The second-order valence-corrected chi connectivity index (χ2v) is 7.40. The molecule has 0 aliphatic heterocycles. The zero-order valence-electron chi connectivity index (χ0n) is 14.1. The molecule has 1 aliphatic rings. The predicted molar refractivity (Wildman–Crippen MR) is 94.0 cm³/mol. The molecule has 0 radical (unpaired) electrons. The molecule has 24 heavy (non-hydrogen) atoms. The van der Waals surface area contributed by atoms with Crippen LogP contribution in [-0.4, -0.2) is 41.8 Å². The maximum Gasteiger partial charge on any atom is 0.251 e. The zero-order valence-corrected chi connectivity index (χ0v) is 14.9. The summed E-state index contributed by atoms with van der Waals surface area (Å²) in [4.78, 5) is 38.1. The number of hydrogen-bond acceptors (Lipinski definition) is 5. The van der Waals surface area contributed by atoms with E-state index < -0.39 is 11.8 Å². The van der Waals surface area contributed by atoms with Crippen molar-refractivity contribution in [3.8, 4) is 0 Å². The molecule has 7 nitrogen and oxygen atoms in total. The van der Waals surface area contributed by atoms with E-state index in [1.165, 1.54) is 11.3 Å². The van der Waals surface area contributed by atoms with E-state index in [0.29, 0.717) is 10.6 Å². The fourth-order valence-electron chi connectivity index (χ4n) is 2.89. The Morgan fingerprint density at radius 2 is 1.83 bits per heavy atom. The molecule has 3 amide bonds. The Morgan fingerprint density at radius 1 is 1.17 bits per heavy atom. The minimum atomic E-state index is -0.512. The van der Waals surface area contributed by atoms with Gasteiger partial charge in [0, 0.05) is 10.9 Å². The van der Waals surface area contributed by atoms with Crippen LogP contribution in [0.25, 0.3) is 0 Å². The van der Waals surface area contributed by atoms with Gasteiger partial charge in [-0.3, -0.25) is 19.3 Å². The normalized spacial score (nSPS) is 13.8. The standard InChI is InChI=1S/C16H24N4O3S/c1-9(2)20(7-12(17)21)8-13(22)19-16-14(15(18)23)10-5-3-4-6-11(10)24-16/h9H,3-8H2,1-2H3,(H2,17,21)(H2,18,23)(H,19,22). The molecule has 5 N–H and O–H groups in total. The van der Waals surface area contributed by atoms with Crippen LogP contribution in [0.4, 0.5) is 5.00 Å². The van der Waals surface area contributed by atoms with Gasteiger partial charge in [-0.2, -0.15) is 0 Å². The fraction of sp³-hybridized carbons (Fsp3) is 0.562. The van der Waals surface area contributed by atoms with E-state index in [0.717, 1.165) is 36.1 Å². The van der Waals surface area contributed by atoms with E-state index >= 15 is 0 Å². The van der Waals surface area contributed by atoms with Gasteiger partial charge >= 0.3 is 0 Å². The van der Waals surface area contributed by atoms with Crippen molar-refractivity contribution in [1.82, 2.24) is 4.90 Å². The van der Waals surface area contributed by atoms with E-state index in [2.05, 4.69) is 5.32 Å². The van der Waals surface area contributed by atoms with Gasteiger partial charge in [0.1, 0.15) is 5.00 Å². The zero-order chi connectivity index (χ0) is 17.9. The molecular formula is C16H24N4O3S. The van der Waals surface area contributed by atoms with Crippen molar-refractivity contribution in [3.63, 3.8) is 0 Å². The van der Waals surface area contributed by atoms with E-state index in [9.17, 15) is 14.4 Å². The van der Waals surface area contributed by atoms with Crippen LogP contribution in [0.3, 0.4) is 0 Å². The van der Waals surface area contributed by atoms with Crippen LogP contribution in [0, 0.1) is 0 Å². The summed E-state index contributed by atoms with van der Waals surface area (Å²) in [6.07, 6.45) is 3.84. The number of primary amides is 2. The first kappa shape index (κ1) is 18.4. The van der Waals surface area contributed by atoms with Crippen LogP contribution < -0.4 is 16.8 Å². The molecule has 0 saturated carbocycles. The lowest BCUT2D eigenvalue weighted by molar-refractivity contribution is -0.121. The first-order valence-corrected chi connectivity index (χ1v) is 8.87. The van der Waals surface area contributed by atoms with Crippen molar-refractivity contribution in [2.75, 3.05) is 18.4 Å². The molecule has 1 aliphatic carbocycles. The second-order valence-electron chi connectivity index (χ2n) is 6.29. The smallest absolute Gasteiger partial charge is 0.251 e. The topological polar surface area (TPSA) is 119 Å². The van der Waals surface area contributed by atoms with Gasteiger partial charge < -0.3 is 16.8 Å².